The number of nitrogens with one attached hydrogen (secondary N) is 1. The molecule has 0 amide bonds. The number of halogens is 1. The van der Waals surface area contributed by atoms with Gasteiger partial charge in [0, 0.05) is 6.04 Å². The van der Waals surface area contributed by atoms with Crippen LogP contribution in [-0.2, 0) is 0 Å². The molecule has 2 N–H and O–H groups in total. The Morgan fingerprint density at radius 3 is 2.33 bits per heavy atom. The van der Waals surface area contributed by atoms with Crippen LogP contribution >= 0.6 is 0 Å². The number of carboxylic acid groups (broad SMARTS) is 1. The Bertz CT molecular complexity index is 599. The Balaban J connectivity index is 1.92. The second kappa shape index (κ2) is 4.98. The molecule has 0 radical (unpaired) electrons. The van der Waals surface area contributed by atoms with Crippen LogP contribution in [-0.4, -0.2) is 22.0 Å². The number of nitrogens with zero attached hydrogens (tertiary/aromatic N) is 1. The molecule has 1 aromatic rings. The van der Waals surface area contributed by atoms with Gasteiger partial charge in [-0.25, -0.2) is 9.18 Å². The fraction of sp³-hybridized carbons (Fsp3) is 0.500. The summed E-state index contributed by atoms with van der Waals surface area (Å²) in [5.41, 5.74) is -1.17. The van der Waals surface area contributed by atoms with Crippen LogP contribution in [0.1, 0.15) is 36.0 Å². The minimum Gasteiger partial charge on any atom is -0.477 e. The lowest BCUT2D eigenvalue weighted by molar-refractivity contribution is -0.385. The molecule has 2 aliphatic carbocycles. The van der Waals surface area contributed by atoms with E-state index in [-0.39, 0.29) is 11.7 Å². The van der Waals surface area contributed by atoms with Crippen LogP contribution in [0.15, 0.2) is 12.1 Å². The molecule has 2 saturated carbocycles. The van der Waals surface area contributed by atoms with Crippen LogP contribution in [0.25, 0.3) is 0 Å². The van der Waals surface area contributed by atoms with E-state index in [0.29, 0.717) is 17.9 Å². The fourth-order valence-corrected chi connectivity index (χ4v) is 2.71. The van der Waals surface area contributed by atoms with E-state index in [0.717, 1.165) is 31.7 Å². The van der Waals surface area contributed by atoms with Crippen molar-refractivity contribution in [2.45, 2.75) is 31.7 Å². The molecular formula is C14H15FN2O4. The second-order valence-electron chi connectivity index (χ2n) is 5.76. The zero-order valence-corrected chi connectivity index (χ0v) is 11.2. The van der Waals surface area contributed by atoms with Gasteiger partial charge in [0.2, 0.25) is 0 Å². The third kappa shape index (κ3) is 2.81. The summed E-state index contributed by atoms with van der Waals surface area (Å²) in [5, 5.41) is 22.9. The van der Waals surface area contributed by atoms with Crippen molar-refractivity contribution in [1.29, 1.82) is 0 Å². The molecule has 7 heteroatoms. The van der Waals surface area contributed by atoms with Crippen molar-refractivity contribution in [3.8, 4) is 0 Å². The summed E-state index contributed by atoms with van der Waals surface area (Å²) in [6, 6.07) is 1.86. The summed E-state index contributed by atoms with van der Waals surface area (Å²) >= 11 is 0. The van der Waals surface area contributed by atoms with Crippen molar-refractivity contribution in [3.05, 3.63) is 33.6 Å². The monoisotopic (exact) mass is 294 g/mol. The minimum absolute atomic E-state index is 0.0433. The van der Waals surface area contributed by atoms with E-state index in [1.807, 2.05) is 0 Å². The van der Waals surface area contributed by atoms with E-state index >= 15 is 0 Å². The molecule has 1 aromatic carbocycles. The Morgan fingerprint density at radius 1 is 1.33 bits per heavy atom. The molecule has 0 unspecified atom stereocenters. The molecule has 112 valence electrons. The number of anilines is 1. The van der Waals surface area contributed by atoms with Crippen LogP contribution in [0.4, 0.5) is 15.8 Å². The third-order valence-electron chi connectivity index (χ3n) is 4.09. The normalized spacial score (nSPS) is 17.8. The fourth-order valence-electron chi connectivity index (χ4n) is 2.71. The van der Waals surface area contributed by atoms with Crippen LogP contribution in [0, 0.1) is 27.8 Å². The van der Waals surface area contributed by atoms with Crippen LogP contribution in [0.2, 0.25) is 0 Å². The highest BCUT2D eigenvalue weighted by molar-refractivity contribution is 5.93. The zero-order valence-electron chi connectivity index (χ0n) is 11.2. The lowest BCUT2D eigenvalue weighted by atomic mass is 10.1. The molecule has 6 nitrogen and oxygen atoms in total. The lowest BCUT2D eigenvalue weighted by Gasteiger charge is -2.19. The molecule has 0 heterocycles. The maximum atomic E-state index is 14.0. The van der Waals surface area contributed by atoms with Gasteiger partial charge in [-0.05, 0) is 43.6 Å². The van der Waals surface area contributed by atoms with Gasteiger partial charge < -0.3 is 10.4 Å². The van der Waals surface area contributed by atoms with Gasteiger partial charge in [0.05, 0.1) is 16.7 Å². The van der Waals surface area contributed by atoms with Gasteiger partial charge in [0.25, 0.3) is 5.69 Å². The summed E-state index contributed by atoms with van der Waals surface area (Å²) in [7, 11) is 0. The van der Waals surface area contributed by atoms with E-state index < -0.39 is 28.0 Å². The van der Waals surface area contributed by atoms with Crippen molar-refractivity contribution in [2.75, 3.05) is 5.32 Å². The van der Waals surface area contributed by atoms with E-state index in [4.69, 9.17) is 5.11 Å². The SMILES string of the molecule is O=C(O)c1cc(NC(C2CC2)C2CC2)c(F)cc1[N+](=O)[O-]. The quantitative estimate of drug-likeness (QED) is 0.621. The van der Waals surface area contributed by atoms with E-state index in [1.54, 1.807) is 0 Å². The number of nitro benzene ring substituents is 1. The number of nitro groups is 1. The van der Waals surface area contributed by atoms with Crippen molar-refractivity contribution in [2.24, 2.45) is 11.8 Å². The van der Waals surface area contributed by atoms with Gasteiger partial charge in [-0.3, -0.25) is 10.1 Å². The molecule has 21 heavy (non-hydrogen) atoms. The minimum atomic E-state index is -1.43. The molecule has 0 atom stereocenters. The second-order valence-corrected chi connectivity index (χ2v) is 5.76. The smallest absolute Gasteiger partial charge is 0.342 e. The molecule has 2 aliphatic rings. The van der Waals surface area contributed by atoms with Crippen LogP contribution in [0.5, 0.6) is 0 Å². The van der Waals surface area contributed by atoms with E-state index in [2.05, 4.69) is 5.32 Å². The molecule has 0 aromatic heterocycles. The Hall–Kier alpha value is -2.18. The number of hydrogen-bond donors (Lipinski definition) is 2. The number of carbonyl (C=O) groups is 1. The average Bonchev–Trinajstić information content (AvgIpc) is 3.28. The standard InChI is InChI=1S/C14H15FN2O4/c15-10-6-12(17(20)21)9(14(18)19)5-11(10)16-13(7-1-2-7)8-3-4-8/h5-8,13,16H,1-4H2,(H,18,19). The maximum Gasteiger partial charge on any atom is 0.342 e. The first-order valence-electron chi connectivity index (χ1n) is 6.95. The number of aromatic carboxylic acids is 1. The van der Waals surface area contributed by atoms with Crippen molar-refractivity contribution in [1.82, 2.24) is 0 Å². The summed E-state index contributed by atoms with van der Waals surface area (Å²) < 4.78 is 14.0. The largest absolute Gasteiger partial charge is 0.477 e. The van der Waals surface area contributed by atoms with Crippen molar-refractivity contribution in [3.63, 3.8) is 0 Å². The summed E-state index contributed by atoms with van der Waals surface area (Å²) in [6.45, 7) is 0. The van der Waals surface area contributed by atoms with E-state index in [1.165, 1.54) is 0 Å². The van der Waals surface area contributed by atoms with Crippen LogP contribution in [0.3, 0.4) is 0 Å². The summed E-state index contributed by atoms with van der Waals surface area (Å²) in [4.78, 5) is 21.0. The average molecular weight is 294 g/mol. The van der Waals surface area contributed by atoms with Gasteiger partial charge in [0.15, 0.2) is 5.82 Å². The predicted octanol–water partition coefficient (Wildman–Crippen LogP) is 3.03. The number of hydrogen-bond acceptors (Lipinski definition) is 4. The molecule has 2 fully saturated rings. The molecule has 0 bridgehead atoms. The van der Waals surface area contributed by atoms with Gasteiger partial charge in [-0.2, -0.15) is 0 Å². The summed E-state index contributed by atoms with van der Waals surface area (Å²) in [6.07, 6.45) is 4.37. The Kier molecular flexibility index (Phi) is 3.27. The molecule has 3 rings (SSSR count). The van der Waals surface area contributed by atoms with Gasteiger partial charge in [0.1, 0.15) is 5.56 Å². The lowest BCUT2D eigenvalue weighted by Crippen LogP contribution is -2.25. The maximum absolute atomic E-state index is 14.0. The molecular weight excluding hydrogens is 279 g/mol. The van der Waals surface area contributed by atoms with Gasteiger partial charge in [-0.1, -0.05) is 0 Å². The molecule has 0 saturated heterocycles. The Morgan fingerprint density at radius 2 is 1.90 bits per heavy atom. The highest BCUT2D eigenvalue weighted by Gasteiger charge is 2.42. The predicted molar refractivity (Wildman–Crippen MR) is 72.9 cm³/mol. The topological polar surface area (TPSA) is 92.5 Å². The number of benzene rings is 1. The van der Waals surface area contributed by atoms with Crippen LogP contribution < -0.4 is 5.32 Å². The highest BCUT2D eigenvalue weighted by Crippen LogP contribution is 2.46. The first-order valence-corrected chi connectivity index (χ1v) is 6.95. The number of carboxylic acids is 1. The summed E-state index contributed by atoms with van der Waals surface area (Å²) in [5.74, 6) is -1.21. The zero-order chi connectivity index (χ0) is 15.1. The first kappa shape index (κ1) is 13.8. The van der Waals surface area contributed by atoms with Crippen molar-refractivity contribution >= 4 is 17.3 Å². The first-order chi connectivity index (χ1) is 9.97. The van der Waals surface area contributed by atoms with Gasteiger partial charge >= 0.3 is 5.97 Å². The molecule has 0 spiro atoms. The molecule has 0 aliphatic heterocycles. The van der Waals surface area contributed by atoms with Crippen molar-refractivity contribution < 1.29 is 19.2 Å². The third-order valence-corrected chi connectivity index (χ3v) is 4.09. The Labute approximate surface area is 120 Å². The van der Waals surface area contributed by atoms with E-state index in [9.17, 15) is 19.3 Å². The number of rotatable bonds is 6. The highest BCUT2D eigenvalue weighted by atomic mass is 19.1. The van der Waals surface area contributed by atoms with Gasteiger partial charge in [-0.15, -0.1) is 0 Å².